The number of carbonyl (C=O) groups is 1. The minimum Gasteiger partial charge on any atom is -0.490 e. The Morgan fingerprint density at radius 2 is 1.48 bits per heavy atom. The highest BCUT2D eigenvalue weighted by molar-refractivity contribution is 5.83. The zero-order chi connectivity index (χ0) is 18.7. The molecule has 3 nitrogen and oxygen atoms in total. The van der Waals surface area contributed by atoms with Crippen LogP contribution in [0.2, 0.25) is 0 Å². The smallest absolute Gasteiger partial charge is 0.310 e. The van der Waals surface area contributed by atoms with Crippen LogP contribution < -0.4 is 4.74 Å². The van der Waals surface area contributed by atoms with Gasteiger partial charge in [-0.3, -0.25) is 4.79 Å². The summed E-state index contributed by atoms with van der Waals surface area (Å²) in [6.07, 6.45) is 0. The van der Waals surface area contributed by atoms with E-state index in [2.05, 4.69) is 53.7 Å². The van der Waals surface area contributed by atoms with E-state index in [-0.39, 0.29) is 29.3 Å². The van der Waals surface area contributed by atoms with Gasteiger partial charge in [0, 0.05) is 0 Å². The maximum atomic E-state index is 12.5. The van der Waals surface area contributed by atoms with Crippen LogP contribution >= 0.6 is 0 Å². The van der Waals surface area contributed by atoms with Crippen molar-refractivity contribution in [2.45, 2.75) is 41.5 Å². The minimum absolute atomic E-state index is 0.144. The third kappa shape index (κ3) is 5.22. The van der Waals surface area contributed by atoms with E-state index in [9.17, 15) is 4.79 Å². The van der Waals surface area contributed by atoms with Gasteiger partial charge in [0.25, 0.3) is 0 Å². The molecule has 0 aliphatic carbocycles. The molecule has 136 valence electrons. The summed E-state index contributed by atoms with van der Waals surface area (Å²) in [5.41, 5.74) is -0.289. The summed E-state index contributed by atoms with van der Waals surface area (Å²) in [7, 11) is 0. The van der Waals surface area contributed by atoms with Crippen LogP contribution in [0.3, 0.4) is 0 Å². The quantitative estimate of drug-likeness (QED) is 0.534. The summed E-state index contributed by atoms with van der Waals surface area (Å²) < 4.78 is 11.2. The van der Waals surface area contributed by atoms with Gasteiger partial charge in [-0.1, -0.05) is 71.9 Å². The molecule has 2 rings (SSSR count). The van der Waals surface area contributed by atoms with Gasteiger partial charge < -0.3 is 9.47 Å². The first-order valence-corrected chi connectivity index (χ1v) is 8.87. The molecule has 0 saturated heterocycles. The molecule has 0 aromatic heterocycles. The van der Waals surface area contributed by atoms with Gasteiger partial charge in [0.05, 0.1) is 5.92 Å². The molecule has 0 aliphatic rings. The summed E-state index contributed by atoms with van der Waals surface area (Å²) in [4.78, 5) is 12.5. The molecule has 0 saturated carbocycles. The molecule has 0 amide bonds. The van der Waals surface area contributed by atoms with E-state index in [1.54, 1.807) is 0 Å². The predicted molar refractivity (Wildman–Crippen MR) is 103 cm³/mol. The normalized spacial score (nSPS) is 12.4. The van der Waals surface area contributed by atoms with Crippen molar-refractivity contribution in [3.8, 4) is 5.75 Å². The average Bonchev–Trinajstić information content (AvgIpc) is 2.48. The van der Waals surface area contributed by atoms with Crippen molar-refractivity contribution in [1.29, 1.82) is 0 Å². The van der Waals surface area contributed by atoms with Crippen LogP contribution in [0.25, 0.3) is 10.8 Å². The van der Waals surface area contributed by atoms with E-state index >= 15 is 0 Å². The zero-order valence-electron chi connectivity index (χ0n) is 16.3. The van der Waals surface area contributed by atoms with Gasteiger partial charge in [0.2, 0.25) is 0 Å². The summed E-state index contributed by atoms with van der Waals surface area (Å²) in [5.74, 6) is 0.473. The lowest BCUT2D eigenvalue weighted by molar-refractivity contribution is -0.158. The lowest BCUT2D eigenvalue weighted by Gasteiger charge is -2.38. The van der Waals surface area contributed by atoms with Gasteiger partial charge in [-0.05, 0) is 33.7 Å². The van der Waals surface area contributed by atoms with Gasteiger partial charge in [-0.25, -0.2) is 0 Å². The number of hydrogen-bond donors (Lipinski definition) is 0. The molecule has 0 fully saturated rings. The Hall–Kier alpha value is -2.03. The van der Waals surface area contributed by atoms with E-state index in [1.807, 2.05) is 30.3 Å². The summed E-state index contributed by atoms with van der Waals surface area (Å²) in [5, 5.41) is 2.32. The second-order valence-corrected chi connectivity index (χ2v) is 8.69. The van der Waals surface area contributed by atoms with Crippen LogP contribution in [0.15, 0.2) is 42.5 Å². The standard InChI is InChI=1S/C22H30O3/c1-21(2,3)19(22(4,5)6)20(23)25-14-13-24-18-12-11-16-9-7-8-10-17(16)15-18/h7-12,15,19H,13-14H2,1-6H3. The average molecular weight is 342 g/mol. The monoisotopic (exact) mass is 342 g/mol. The van der Waals surface area contributed by atoms with Crippen molar-refractivity contribution < 1.29 is 14.3 Å². The Morgan fingerprint density at radius 1 is 0.880 bits per heavy atom. The molecule has 0 bridgehead atoms. The summed E-state index contributed by atoms with van der Waals surface area (Å²) >= 11 is 0. The maximum absolute atomic E-state index is 12.5. The fourth-order valence-electron chi connectivity index (χ4n) is 3.65. The molecule has 0 atom stereocenters. The highest BCUT2D eigenvalue weighted by atomic mass is 16.6. The van der Waals surface area contributed by atoms with Crippen molar-refractivity contribution in [2.75, 3.05) is 13.2 Å². The van der Waals surface area contributed by atoms with Gasteiger partial charge in [-0.15, -0.1) is 0 Å². The van der Waals surface area contributed by atoms with E-state index in [1.165, 1.54) is 5.39 Å². The van der Waals surface area contributed by atoms with Crippen molar-refractivity contribution in [3.63, 3.8) is 0 Å². The first kappa shape index (κ1) is 19.3. The van der Waals surface area contributed by atoms with Gasteiger partial charge in [0.1, 0.15) is 19.0 Å². The van der Waals surface area contributed by atoms with E-state index in [0.717, 1.165) is 11.1 Å². The Balaban J connectivity index is 1.90. The highest BCUT2D eigenvalue weighted by Crippen LogP contribution is 2.40. The molecule has 0 spiro atoms. The van der Waals surface area contributed by atoms with Crippen molar-refractivity contribution in [3.05, 3.63) is 42.5 Å². The van der Waals surface area contributed by atoms with Gasteiger partial charge in [-0.2, -0.15) is 0 Å². The second-order valence-electron chi connectivity index (χ2n) is 8.69. The number of hydrogen-bond acceptors (Lipinski definition) is 3. The molecular weight excluding hydrogens is 312 g/mol. The Kier molecular flexibility index (Phi) is 5.76. The van der Waals surface area contributed by atoms with Crippen LogP contribution in [0.1, 0.15) is 41.5 Å². The third-order valence-electron chi connectivity index (χ3n) is 4.29. The molecular formula is C22H30O3. The molecule has 2 aromatic rings. The Bertz CT molecular complexity index is 706. The fourth-order valence-corrected chi connectivity index (χ4v) is 3.65. The number of esters is 1. The largest absolute Gasteiger partial charge is 0.490 e. The first-order valence-electron chi connectivity index (χ1n) is 8.87. The number of carbonyl (C=O) groups excluding carboxylic acids is 1. The zero-order valence-corrected chi connectivity index (χ0v) is 16.3. The summed E-state index contributed by atoms with van der Waals surface area (Å²) in [6, 6.07) is 14.1. The molecule has 3 heteroatoms. The molecule has 2 aromatic carbocycles. The molecule has 0 heterocycles. The number of fused-ring (bicyclic) bond motifs is 1. The minimum atomic E-state index is -0.166. The Morgan fingerprint density at radius 3 is 2.08 bits per heavy atom. The molecule has 25 heavy (non-hydrogen) atoms. The van der Waals surface area contributed by atoms with Crippen LogP contribution in [0.5, 0.6) is 5.75 Å². The lowest BCUT2D eigenvalue weighted by Crippen LogP contribution is -2.40. The Labute approximate surface area is 151 Å². The number of ether oxygens (including phenoxy) is 2. The topological polar surface area (TPSA) is 35.5 Å². The van der Waals surface area contributed by atoms with Crippen LogP contribution in [0.4, 0.5) is 0 Å². The van der Waals surface area contributed by atoms with Crippen molar-refractivity contribution in [2.24, 2.45) is 16.7 Å². The van der Waals surface area contributed by atoms with E-state index in [4.69, 9.17) is 9.47 Å². The van der Waals surface area contributed by atoms with Gasteiger partial charge in [0.15, 0.2) is 0 Å². The van der Waals surface area contributed by atoms with Gasteiger partial charge >= 0.3 is 5.97 Å². The summed E-state index contributed by atoms with van der Waals surface area (Å²) in [6.45, 7) is 13.1. The highest BCUT2D eigenvalue weighted by Gasteiger charge is 2.41. The lowest BCUT2D eigenvalue weighted by atomic mass is 9.67. The van der Waals surface area contributed by atoms with Crippen molar-refractivity contribution >= 4 is 16.7 Å². The van der Waals surface area contributed by atoms with E-state index in [0.29, 0.717) is 6.61 Å². The second kappa shape index (κ2) is 7.47. The first-order chi connectivity index (χ1) is 11.6. The predicted octanol–water partition coefficient (Wildman–Crippen LogP) is 5.47. The van der Waals surface area contributed by atoms with Crippen LogP contribution in [0, 0.1) is 16.7 Å². The van der Waals surface area contributed by atoms with Crippen molar-refractivity contribution in [1.82, 2.24) is 0 Å². The van der Waals surface area contributed by atoms with Crippen LogP contribution in [-0.2, 0) is 9.53 Å². The molecule has 0 unspecified atom stereocenters. The third-order valence-corrected chi connectivity index (χ3v) is 4.29. The van der Waals surface area contributed by atoms with E-state index < -0.39 is 0 Å². The maximum Gasteiger partial charge on any atom is 0.310 e. The molecule has 0 aliphatic heterocycles. The fraction of sp³-hybridized carbons (Fsp3) is 0.500. The SMILES string of the molecule is CC(C)(C)C(C(=O)OCCOc1ccc2ccccc2c1)C(C)(C)C. The number of rotatable bonds is 5. The number of benzene rings is 2. The molecule has 0 N–H and O–H groups in total. The van der Waals surface area contributed by atoms with Crippen LogP contribution in [-0.4, -0.2) is 19.2 Å². The molecule has 0 radical (unpaired) electrons.